The second-order valence-electron chi connectivity index (χ2n) is 18.0. The predicted molar refractivity (Wildman–Crippen MR) is 305 cm³/mol. The fourth-order valence-corrected chi connectivity index (χ4v) is 9.44. The number of allylic oxidation sites excluding steroid dienone is 3. The Hall–Kier alpha value is -8.44. The number of hydrogen-bond donors (Lipinski definition) is 3. The molecule has 10 aromatic rings. The first-order valence-corrected chi connectivity index (χ1v) is 25.1. The van der Waals surface area contributed by atoms with Crippen LogP contribution in [0.1, 0.15) is 74.0 Å². The van der Waals surface area contributed by atoms with Crippen molar-refractivity contribution >= 4 is 0 Å². The van der Waals surface area contributed by atoms with E-state index >= 15 is 0 Å². The molecular formula is C70H64N2O. The maximum Gasteiger partial charge on any atom is 0.140 e. The van der Waals surface area contributed by atoms with Crippen molar-refractivity contribution in [3.05, 3.63) is 383 Å². The molecule has 0 saturated carbocycles. The fourth-order valence-electron chi connectivity index (χ4n) is 9.44. The molecular weight excluding hydrogens is 885 g/mol. The number of aliphatic hydroxyl groups is 1. The van der Waals surface area contributed by atoms with Crippen LogP contribution in [0.25, 0.3) is 0 Å². The van der Waals surface area contributed by atoms with Crippen LogP contribution in [0.3, 0.4) is 0 Å². The minimum atomic E-state index is -1.12. The molecule has 2 atom stereocenters. The molecule has 1 aliphatic carbocycles. The molecule has 3 nitrogen and oxygen atoms in total. The van der Waals surface area contributed by atoms with Gasteiger partial charge in [0.25, 0.3) is 0 Å². The molecule has 0 saturated heterocycles. The first-order valence-electron chi connectivity index (χ1n) is 25.1. The minimum Gasteiger partial charge on any atom is -0.376 e. The highest BCUT2D eigenvalue weighted by Gasteiger charge is 2.33. The molecule has 11 rings (SSSR count). The molecule has 0 radical (unpaired) electrons. The smallest absolute Gasteiger partial charge is 0.140 e. The molecule has 0 aliphatic heterocycles. The van der Waals surface area contributed by atoms with Gasteiger partial charge < -0.3 is 16.6 Å². The highest BCUT2D eigenvalue weighted by Crippen LogP contribution is 2.37. The van der Waals surface area contributed by atoms with Crippen molar-refractivity contribution in [1.82, 2.24) is 0 Å². The number of benzene rings is 10. The molecule has 0 aromatic heterocycles. The normalized spacial score (nSPS) is 13.2. The highest BCUT2D eigenvalue weighted by molar-refractivity contribution is 5.50. The predicted octanol–water partition coefficient (Wildman–Crippen LogP) is 15.6. The third kappa shape index (κ3) is 13.1. The lowest BCUT2D eigenvalue weighted by Crippen LogP contribution is -2.39. The minimum absolute atomic E-state index is 0.123. The fraction of sp³-hybridized carbons (Fsp3) is 0.0857. The lowest BCUT2D eigenvalue weighted by atomic mass is 9.78. The number of hydrogen-bond acceptors (Lipinski definition) is 3. The Bertz CT molecular complexity index is 2730. The van der Waals surface area contributed by atoms with Gasteiger partial charge >= 0.3 is 0 Å². The van der Waals surface area contributed by atoms with E-state index in [4.69, 9.17) is 11.5 Å². The Labute approximate surface area is 433 Å². The van der Waals surface area contributed by atoms with Crippen LogP contribution in [0, 0.1) is 5.92 Å². The molecule has 360 valence electrons. The summed E-state index contributed by atoms with van der Waals surface area (Å²) < 4.78 is 0. The lowest BCUT2D eigenvalue weighted by Gasteiger charge is -2.31. The van der Waals surface area contributed by atoms with E-state index in [1.54, 1.807) is 0 Å². The Kier molecular flexibility index (Phi) is 18.2. The summed E-state index contributed by atoms with van der Waals surface area (Å²) in [5.41, 5.74) is 22.4. The van der Waals surface area contributed by atoms with Crippen LogP contribution in [0.5, 0.6) is 0 Å². The summed E-state index contributed by atoms with van der Waals surface area (Å²) in [5, 5.41) is 11.4. The molecule has 0 spiro atoms. The largest absolute Gasteiger partial charge is 0.376 e. The molecule has 73 heavy (non-hydrogen) atoms. The third-order valence-electron chi connectivity index (χ3n) is 13.3. The van der Waals surface area contributed by atoms with Crippen molar-refractivity contribution in [2.45, 2.75) is 29.5 Å². The van der Waals surface area contributed by atoms with Gasteiger partial charge in [0.15, 0.2) is 0 Å². The molecule has 0 amide bonds. The second-order valence-corrected chi connectivity index (χ2v) is 18.0. The standard InChI is InChI=1S/C19H17N.C19H16O.C19H16.C13H15N/c2*20-19(16-10-4-1-5-11-16,17-12-6-2-7-13-17)18-14-8-3-9-15-18;1-4-10-16(11-5-1)19(17-12-6-2-7-13-17)18-14-8-3-9-15-18;14-13(11-7-3-1-4-8-11)12-9-5-2-6-10-12/h1-15H,20H2;1-15,20H;1-15,19H;1-9,12-13H,10,14H2. The number of rotatable bonds is 11. The summed E-state index contributed by atoms with van der Waals surface area (Å²) in [6, 6.07) is 102. The summed E-state index contributed by atoms with van der Waals surface area (Å²) >= 11 is 0. The Morgan fingerprint density at radius 2 is 0.575 bits per heavy atom. The summed E-state index contributed by atoms with van der Waals surface area (Å²) in [7, 11) is 0. The van der Waals surface area contributed by atoms with E-state index in [0.29, 0.717) is 11.8 Å². The third-order valence-corrected chi connectivity index (χ3v) is 13.3. The van der Waals surface area contributed by atoms with Gasteiger partial charge in [0.2, 0.25) is 0 Å². The van der Waals surface area contributed by atoms with Crippen molar-refractivity contribution < 1.29 is 5.11 Å². The van der Waals surface area contributed by atoms with E-state index in [1.165, 1.54) is 22.3 Å². The zero-order chi connectivity index (χ0) is 50.4. The second kappa shape index (κ2) is 26.1. The molecule has 10 aromatic carbocycles. The van der Waals surface area contributed by atoms with E-state index in [2.05, 4.69) is 164 Å². The van der Waals surface area contributed by atoms with Gasteiger partial charge in [0.05, 0.1) is 5.54 Å². The van der Waals surface area contributed by atoms with E-state index in [0.717, 1.165) is 39.8 Å². The average molecular weight is 949 g/mol. The molecule has 0 fully saturated rings. The van der Waals surface area contributed by atoms with E-state index in [9.17, 15) is 5.11 Å². The van der Waals surface area contributed by atoms with Crippen LogP contribution in [0.4, 0.5) is 0 Å². The van der Waals surface area contributed by atoms with Crippen LogP contribution < -0.4 is 11.5 Å². The SMILES string of the molecule is NC(c1ccccc1)(c1ccccc1)c1ccccc1.NC(c1ccccc1)C1C=CC=CC1.OC(c1ccccc1)(c1ccccc1)c1ccccc1.c1ccc(C(c2ccccc2)c2ccccc2)cc1. The van der Waals surface area contributed by atoms with Crippen molar-refractivity contribution in [3.63, 3.8) is 0 Å². The van der Waals surface area contributed by atoms with Gasteiger partial charge in [-0.15, -0.1) is 0 Å². The monoisotopic (exact) mass is 949 g/mol. The van der Waals surface area contributed by atoms with Crippen LogP contribution in [-0.4, -0.2) is 5.11 Å². The highest BCUT2D eigenvalue weighted by atomic mass is 16.3. The van der Waals surface area contributed by atoms with Crippen LogP contribution >= 0.6 is 0 Å². The summed E-state index contributed by atoms with van der Waals surface area (Å²) in [6.45, 7) is 0. The first-order chi connectivity index (χ1) is 36.0. The van der Waals surface area contributed by atoms with Crippen molar-refractivity contribution in [1.29, 1.82) is 0 Å². The van der Waals surface area contributed by atoms with Crippen LogP contribution in [0.15, 0.2) is 328 Å². The maximum atomic E-state index is 11.4. The van der Waals surface area contributed by atoms with Gasteiger partial charge in [-0.1, -0.05) is 328 Å². The van der Waals surface area contributed by atoms with Gasteiger partial charge in [0, 0.05) is 12.0 Å². The van der Waals surface area contributed by atoms with Crippen LogP contribution in [-0.2, 0) is 11.1 Å². The van der Waals surface area contributed by atoms with Crippen molar-refractivity contribution in [2.75, 3.05) is 0 Å². The van der Waals surface area contributed by atoms with Crippen molar-refractivity contribution in [3.8, 4) is 0 Å². The average Bonchev–Trinajstić information content (AvgIpc) is 3.50. The molecule has 1 aliphatic rings. The summed E-state index contributed by atoms with van der Waals surface area (Å²) in [4.78, 5) is 0. The van der Waals surface area contributed by atoms with Crippen LogP contribution in [0.2, 0.25) is 0 Å². The van der Waals surface area contributed by atoms with Gasteiger partial charge in [-0.05, 0) is 68.0 Å². The van der Waals surface area contributed by atoms with E-state index < -0.39 is 11.1 Å². The molecule has 0 heterocycles. The van der Waals surface area contributed by atoms with Gasteiger partial charge in [0.1, 0.15) is 5.60 Å². The topological polar surface area (TPSA) is 72.3 Å². The van der Waals surface area contributed by atoms with Gasteiger partial charge in [-0.3, -0.25) is 0 Å². The Morgan fingerprint density at radius 3 is 0.836 bits per heavy atom. The van der Waals surface area contributed by atoms with E-state index in [1.807, 2.05) is 164 Å². The van der Waals surface area contributed by atoms with Gasteiger partial charge in [-0.2, -0.15) is 0 Å². The van der Waals surface area contributed by atoms with Gasteiger partial charge in [-0.25, -0.2) is 0 Å². The Balaban J connectivity index is 0.000000131. The van der Waals surface area contributed by atoms with Crippen molar-refractivity contribution in [2.24, 2.45) is 17.4 Å². The molecule has 5 N–H and O–H groups in total. The number of nitrogens with two attached hydrogens (primary N) is 2. The first kappa shape index (κ1) is 50.9. The maximum absolute atomic E-state index is 11.4. The molecule has 2 unspecified atom stereocenters. The summed E-state index contributed by atoms with van der Waals surface area (Å²) in [5.74, 6) is 0.756. The molecule has 3 heteroatoms. The van der Waals surface area contributed by atoms with E-state index in [-0.39, 0.29) is 6.04 Å². The zero-order valence-corrected chi connectivity index (χ0v) is 41.2. The molecule has 0 bridgehead atoms. The zero-order valence-electron chi connectivity index (χ0n) is 41.2. The lowest BCUT2D eigenvalue weighted by molar-refractivity contribution is 0.125. The quantitative estimate of drug-likeness (QED) is 0.113. The summed E-state index contributed by atoms with van der Waals surface area (Å²) in [6.07, 6.45) is 9.57. The Morgan fingerprint density at radius 1 is 0.329 bits per heavy atom.